The Hall–Kier alpha value is -1.83. The van der Waals surface area contributed by atoms with Crippen molar-refractivity contribution in [2.75, 3.05) is 26.8 Å². The minimum Gasteiger partial charge on any atom is -0.480 e. The highest BCUT2D eigenvalue weighted by Crippen LogP contribution is 2.16. The number of carboxylic acid groups (broad SMARTS) is 1. The number of piperidine rings is 1. The van der Waals surface area contributed by atoms with Crippen molar-refractivity contribution in [3.05, 3.63) is 0 Å². The molecule has 0 unspecified atom stereocenters. The number of carbonyl (C=O) groups excluding carboxylic acids is 2. The number of urea groups is 1. The third-order valence-electron chi connectivity index (χ3n) is 3.35. The third kappa shape index (κ3) is 4.69. The van der Waals surface area contributed by atoms with Crippen LogP contribution in [0.3, 0.4) is 0 Å². The molecule has 1 aliphatic heterocycles. The van der Waals surface area contributed by atoms with Gasteiger partial charge in [0.1, 0.15) is 6.04 Å². The second-order valence-corrected chi connectivity index (χ2v) is 4.73. The van der Waals surface area contributed by atoms with Crippen LogP contribution in [0.2, 0.25) is 0 Å². The van der Waals surface area contributed by atoms with E-state index in [0.29, 0.717) is 25.9 Å². The molecule has 0 spiro atoms. The fourth-order valence-electron chi connectivity index (χ4n) is 2.01. The van der Waals surface area contributed by atoms with Gasteiger partial charge in [0, 0.05) is 19.7 Å². The number of methoxy groups -OCH3 is 1. The van der Waals surface area contributed by atoms with E-state index in [1.807, 2.05) is 0 Å². The number of ether oxygens (including phenoxy) is 1. The molecule has 8 heteroatoms. The zero-order chi connectivity index (χ0) is 15.1. The molecule has 0 bridgehead atoms. The molecule has 0 aliphatic carbocycles. The smallest absolute Gasteiger partial charge is 0.326 e. The summed E-state index contributed by atoms with van der Waals surface area (Å²) in [6.45, 7) is 1.01. The van der Waals surface area contributed by atoms with Gasteiger partial charge in [0.15, 0.2) is 0 Å². The number of esters is 1. The Morgan fingerprint density at radius 3 is 2.40 bits per heavy atom. The van der Waals surface area contributed by atoms with Gasteiger partial charge in [0.25, 0.3) is 0 Å². The van der Waals surface area contributed by atoms with Gasteiger partial charge >= 0.3 is 18.0 Å². The summed E-state index contributed by atoms with van der Waals surface area (Å²) in [4.78, 5) is 35.5. The van der Waals surface area contributed by atoms with Gasteiger partial charge in [-0.2, -0.15) is 0 Å². The van der Waals surface area contributed by atoms with Crippen LogP contribution >= 0.6 is 0 Å². The molecule has 0 radical (unpaired) electrons. The summed E-state index contributed by atoms with van der Waals surface area (Å²) in [6, 6.07) is -1.82. The fraction of sp³-hybridized carbons (Fsp3) is 0.750. The highest BCUT2D eigenvalue weighted by Gasteiger charge is 2.28. The number of amides is 2. The molecule has 0 aromatic rings. The molecule has 0 saturated carbocycles. The lowest BCUT2D eigenvalue weighted by Gasteiger charge is -2.31. The lowest BCUT2D eigenvalue weighted by atomic mass is 9.98. The maximum absolute atomic E-state index is 11.9. The number of carbonyl (C=O) groups is 3. The van der Waals surface area contributed by atoms with Crippen molar-refractivity contribution >= 4 is 18.0 Å². The number of likely N-dealkylation sites (tertiary alicyclic amines) is 1. The predicted octanol–water partition coefficient (Wildman–Crippen LogP) is -0.583. The molecule has 114 valence electrons. The quantitative estimate of drug-likeness (QED) is 0.583. The minimum atomic E-state index is -1.30. The number of nitrogens with one attached hydrogen (secondary N) is 1. The average molecular weight is 288 g/mol. The van der Waals surface area contributed by atoms with E-state index in [-0.39, 0.29) is 12.5 Å². The molecule has 1 aliphatic rings. The Labute approximate surface area is 116 Å². The maximum atomic E-state index is 11.9. The van der Waals surface area contributed by atoms with Crippen LogP contribution in [0.4, 0.5) is 4.79 Å². The normalized spacial score (nSPS) is 17.4. The van der Waals surface area contributed by atoms with Crippen LogP contribution in [0.1, 0.15) is 19.3 Å². The summed E-state index contributed by atoms with van der Waals surface area (Å²) in [6.07, 6.45) is 0.946. The second kappa shape index (κ2) is 7.68. The van der Waals surface area contributed by atoms with E-state index in [9.17, 15) is 14.4 Å². The van der Waals surface area contributed by atoms with Crippen LogP contribution < -0.4 is 5.32 Å². The molecule has 1 atom stereocenters. The molecular weight excluding hydrogens is 268 g/mol. The minimum absolute atomic E-state index is 0.0928. The lowest BCUT2D eigenvalue weighted by Crippen LogP contribution is -2.51. The standard InChI is InChI=1S/C12H20N2O6/c1-20-10(16)6-9(11(17)18)13-12(19)14-4-2-8(7-15)3-5-14/h8-9,15H,2-7H2,1H3,(H,13,19)(H,17,18)/t9-/m0/s1. The van der Waals surface area contributed by atoms with E-state index in [1.54, 1.807) is 0 Å². The first-order valence-corrected chi connectivity index (χ1v) is 6.43. The zero-order valence-corrected chi connectivity index (χ0v) is 11.4. The molecule has 8 nitrogen and oxygen atoms in total. The van der Waals surface area contributed by atoms with Gasteiger partial charge in [-0.05, 0) is 18.8 Å². The number of aliphatic hydroxyl groups excluding tert-OH is 1. The summed E-state index contributed by atoms with van der Waals surface area (Å²) < 4.78 is 4.39. The highest BCUT2D eigenvalue weighted by molar-refractivity contribution is 5.86. The number of carboxylic acids is 1. The molecule has 3 N–H and O–H groups in total. The van der Waals surface area contributed by atoms with Crippen LogP contribution in [-0.2, 0) is 14.3 Å². The summed E-state index contributed by atoms with van der Waals surface area (Å²) in [5.74, 6) is -1.80. The molecule has 2 amide bonds. The number of nitrogens with zero attached hydrogens (tertiary/aromatic N) is 1. The molecule has 0 aromatic carbocycles. The molecule has 0 aromatic heterocycles. The van der Waals surface area contributed by atoms with Crippen LogP contribution in [0.15, 0.2) is 0 Å². The summed E-state index contributed by atoms with van der Waals surface area (Å²) in [7, 11) is 1.16. The van der Waals surface area contributed by atoms with E-state index < -0.39 is 30.4 Å². The number of aliphatic hydroxyl groups is 1. The largest absolute Gasteiger partial charge is 0.480 e. The lowest BCUT2D eigenvalue weighted by molar-refractivity contribution is -0.147. The molecular formula is C12H20N2O6. The molecule has 1 saturated heterocycles. The van der Waals surface area contributed by atoms with Gasteiger partial charge in [0.2, 0.25) is 0 Å². The SMILES string of the molecule is COC(=O)C[C@H](NC(=O)N1CCC(CO)CC1)C(=O)O. The van der Waals surface area contributed by atoms with E-state index in [0.717, 1.165) is 7.11 Å². The number of rotatable bonds is 5. The fourth-order valence-corrected chi connectivity index (χ4v) is 2.01. The predicted molar refractivity (Wildman–Crippen MR) is 68.0 cm³/mol. The van der Waals surface area contributed by atoms with Crippen LogP contribution in [0, 0.1) is 5.92 Å². The van der Waals surface area contributed by atoms with Crippen molar-refractivity contribution in [1.82, 2.24) is 10.2 Å². The Morgan fingerprint density at radius 2 is 1.95 bits per heavy atom. The Bertz CT molecular complexity index is 365. The van der Waals surface area contributed by atoms with Gasteiger partial charge in [-0.25, -0.2) is 9.59 Å². The molecule has 1 rings (SSSR count). The second-order valence-electron chi connectivity index (χ2n) is 4.73. The van der Waals surface area contributed by atoms with Crippen LogP contribution in [-0.4, -0.2) is 65.9 Å². The van der Waals surface area contributed by atoms with Crippen molar-refractivity contribution in [1.29, 1.82) is 0 Å². The Kier molecular flexibility index (Phi) is 6.23. The van der Waals surface area contributed by atoms with Crippen molar-refractivity contribution in [2.24, 2.45) is 5.92 Å². The van der Waals surface area contributed by atoms with E-state index in [2.05, 4.69) is 10.1 Å². The monoisotopic (exact) mass is 288 g/mol. The number of hydrogen-bond acceptors (Lipinski definition) is 5. The average Bonchev–Trinajstić information content (AvgIpc) is 2.46. The first-order valence-electron chi connectivity index (χ1n) is 6.43. The number of aliphatic carboxylic acids is 1. The van der Waals surface area contributed by atoms with Gasteiger partial charge < -0.3 is 25.2 Å². The van der Waals surface area contributed by atoms with Gasteiger partial charge in [-0.3, -0.25) is 4.79 Å². The molecule has 1 heterocycles. The van der Waals surface area contributed by atoms with Gasteiger partial charge in [-0.1, -0.05) is 0 Å². The maximum Gasteiger partial charge on any atom is 0.326 e. The molecule has 1 fully saturated rings. The topological polar surface area (TPSA) is 116 Å². The third-order valence-corrected chi connectivity index (χ3v) is 3.35. The summed E-state index contributed by atoms with van der Waals surface area (Å²) in [5, 5.41) is 20.3. The van der Waals surface area contributed by atoms with Crippen LogP contribution in [0.25, 0.3) is 0 Å². The van der Waals surface area contributed by atoms with E-state index in [4.69, 9.17) is 10.2 Å². The van der Waals surface area contributed by atoms with Gasteiger partial charge in [-0.15, -0.1) is 0 Å². The van der Waals surface area contributed by atoms with Crippen molar-refractivity contribution in [3.63, 3.8) is 0 Å². The highest BCUT2D eigenvalue weighted by atomic mass is 16.5. The Morgan fingerprint density at radius 1 is 1.35 bits per heavy atom. The zero-order valence-electron chi connectivity index (χ0n) is 11.4. The van der Waals surface area contributed by atoms with E-state index in [1.165, 1.54) is 4.90 Å². The first kappa shape index (κ1) is 16.2. The van der Waals surface area contributed by atoms with Crippen molar-refractivity contribution < 1.29 is 29.3 Å². The van der Waals surface area contributed by atoms with Gasteiger partial charge in [0.05, 0.1) is 13.5 Å². The summed E-state index contributed by atoms with van der Waals surface area (Å²) >= 11 is 0. The van der Waals surface area contributed by atoms with E-state index >= 15 is 0 Å². The number of hydrogen-bond donors (Lipinski definition) is 3. The van der Waals surface area contributed by atoms with Crippen molar-refractivity contribution in [3.8, 4) is 0 Å². The molecule has 20 heavy (non-hydrogen) atoms. The van der Waals surface area contributed by atoms with Crippen molar-refractivity contribution in [2.45, 2.75) is 25.3 Å². The summed E-state index contributed by atoms with van der Waals surface area (Å²) in [5.41, 5.74) is 0. The first-order chi connectivity index (χ1) is 9.47. The Balaban J connectivity index is 2.50. The van der Waals surface area contributed by atoms with Crippen LogP contribution in [0.5, 0.6) is 0 Å².